The van der Waals surface area contributed by atoms with Crippen molar-refractivity contribution in [1.29, 1.82) is 0 Å². The van der Waals surface area contributed by atoms with Crippen molar-refractivity contribution in [3.05, 3.63) is 76.9 Å². The monoisotopic (exact) mass is 433 g/mol. The third-order valence-electron chi connectivity index (χ3n) is 5.81. The topological polar surface area (TPSA) is 72.3 Å². The molecule has 0 aliphatic carbocycles. The Morgan fingerprint density at radius 3 is 2.50 bits per heavy atom. The van der Waals surface area contributed by atoms with Crippen LogP contribution in [0, 0.1) is 6.92 Å². The summed E-state index contributed by atoms with van der Waals surface area (Å²) in [5, 5.41) is 7.52. The maximum atomic E-state index is 12.9. The molecule has 3 aromatic rings. The summed E-state index contributed by atoms with van der Waals surface area (Å²) in [7, 11) is 0. The maximum Gasteiger partial charge on any atom is 0.291 e. The summed E-state index contributed by atoms with van der Waals surface area (Å²) in [4.78, 5) is 19.7. The van der Waals surface area contributed by atoms with Crippen molar-refractivity contribution in [2.75, 3.05) is 26.3 Å². The molecule has 4 rings (SSSR count). The molecule has 1 fully saturated rings. The summed E-state index contributed by atoms with van der Waals surface area (Å²) in [6.45, 7) is 10.9. The lowest BCUT2D eigenvalue weighted by atomic mass is 10.0. The molecule has 7 nitrogen and oxygen atoms in total. The fourth-order valence-corrected chi connectivity index (χ4v) is 4.02. The summed E-state index contributed by atoms with van der Waals surface area (Å²) in [5.41, 5.74) is 4.45. The Hall–Kier alpha value is -3.03. The SMILES string of the molecule is Cc1nc(C(=O)NCc2ccccc2CN2CCOCC2)nn1-c1ccccc1C(C)C. The first-order valence-electron chi connectivity index (χ1n) is 11.2. The van der Waals surface area contributed by atoms with Gasteiger partial charge < -0.3 is 10.1 Å². The van der Waals surface area contributed by atoms with E-state index in [0.717, 1.165) is 44.1 Å². The van der Waals surface area contributed by atoms with Crippen LogP contribution in [0.2, 0.25) is 0 Å². The molecule has 0 bridgehead atoms. The number of hydrogen-bond acceptors (Lipinski definition) is 5. The smallest absolute Gasteiger partial charge is 0.291 e. The zero-order valence-electron chi connectivity index (χ0n) is 19.0. The van der Waals surface area contributed by atoms with Crippen molar-refractivity contribution in [1.82, 2.24) is 25.0 Å². The van der Waals surface area contributed by atoms with Crippen LogP contribution in [0.1, 0.15) is 52.9 Å². The van der Waals surface area contributed by atoms with E-state index >= 15 is 0 Å². The fraction of sp³-hybridized carbons (Fsp3) is 0.400. The van der Waals surface area contributed by atoms with Gasteiger partial charge in [0.2, 0.25) is 5.82 Å². The van der Waals surface area contributed by atoms with Gasteiger partial charge >= 0.3 is 0 Å². The number of aromatic nitrogens is 3. The maximum absolute atomic E-state index is 12.9. The Morgan fingerprint density at radius 2 is 1.75 bits per heavy atom. The van der Waals surface area contributed by atoms with Crippen molar-refractivity contribution in [3.8, 4) is 5.69 Å². The molecule has 168 valence electrons. The standard InChI is InChI=1S/C25H31N5O2/c1-18(2)22-10-6-7-11-23(22)30-19(3)27-24(28-30)25(31)26-16-20-8-4-5-9-21(20)17-29-12-14-32-15-13-29/h4-11,18H,12-17H2,1-3H3,(H,26,31). The number of benzene rings is 2. The molecular formula is C25H31N5O2. The van der Waals surface area contributed by atoms with Gasteiger partial charge in [-0.15, -0.1) is 5.10 Å². The fourth-order valence-electron chi connectivity index (χ4n) is 4.02. The van der Waals surface area contributed by atoms with Crippen molar-refractivity contribution in [3.63, 3.8) is 0 Å². The Morgan fingerprint density at radius 1 is 1.06 bits per heavy atom. The van der Waals surface area contributed by atoms with E-state index in [1.165, 1.54) is 11.1 Å². The first-order chi connectivity index (χ1) is 15.5. The molecule has 2 aromatic carbocycles. The number of para-hydroxylation sites is 1. The van der Waals surface area contributed by atoms with E-state index < -0.39 is 0 Å². The van der Waals surface area contributed by atoms with E-state index in [9.17, 15) is 4.79 Å². The first-order valence-corrected chi connectivity index (χ1v) is 11.2. The van der Waals surface area contributed by atoms with Crippen LogP contribution in [0.25, 0.3) is 5.69 Å². The van der Waals surface area contributed by atoms with E-state index in [4.69, 9.17) is 4.74 Å². The highest BCUT2D eigenvalue weighted by atomic mass is 16.5. The Bertz CT molecular complexity index is 1070. The summed E-state index contributed by atoms with van der Waals surface area (Å²) in [6, 6.07) is 16.3. The molecule has 2 heterocycles. The Labute approximate surface area is 189 Å². The second-order valence-corrected chi connectivity index (χ2v) is 8.45. The third-order valence-corrected chi connectivity index (χ3v) is 5.81. The van der Waals surface area contributed by atoms with Gasteiger partial charge in [-0.1, -0.05) is 56.3 Å². The second kappa shape index (κ2) is 10.1. The highest BCUT2D eigenvalue weighted by Gasteiger charge is 2.18. The zero-order valence-corrected chi connectivity index (χ0v) is 19.0. The van der Waals surface area contributed by atoms with E-state index in [0.29, 0.717) is 18.3 Å². The third kappa shape index (κ3) is 5.06. The predicted molar refractivity (Wildman–Crippen MR) is 124 cm³/mol. The quantitative estimate of drug-likeness (QED) is 0.618. The molecule has 1 amide bonds. The minimum absolute atomic E-state index is 0.187. The molecule has 1 aliphatic heterocycles. The number of aryl methyl sites for hydroxylation is 1. The molecule has 0 saturated carbocycles. The Balaban J connectivity index is 1.47. The summed E-state index contributed by atoms with van der Waals surface area (Å²) >= 11 is 0. The average Bonchev–Trinajstić information content (AvgIpc) is 3.20. The summed E-state index contributed by atoms with van der Waals surface area (Å²) in [6.07, 6.45) is 0. The van der Waals surface area contributed by atoms with Crippen LogP contribution in [0.5, 0.6) is 0 Å². The highest BCUT2D eigenvalue weighted by Crippen LogP contribution is 2.23. The molecule has 0 unspecified atom stereocenters. The lowest BCUT2D eigenvalue weighted by Crippen LogP contribution is -2.36. The largest absolute Gasteiger partial charge is 0.379 e. The zero-order chi connectivity index (χ0) is 22.5. The Kier molecular flexibility index (Phi) is 6.97. The number of ether oxygens (including phenoxy) is 1. The number of rotatable bonds is 7. The van der Waals surface area contributed by atoms with Gasteiger partial charge in [-0.3, -0.25) is 9.69 Å². The van der Waals surface area contributed by atoms with Crippen molar-refractivity contribution >= 4 is 5.91 Å². The van der Waals surface area contributed by atoms with Crippen LogP contribution < -0.4 is 5.32 Å². The number of nitrogens with one attached hydrogen (secondary N) is 1. The van der Waals surface area contributed by atoms with E-state index in [-0.39, 0.29) is 11.7 Å². The lowest BCUT2D eigenvalue weighted by Gasteiger charge is -2.27. The van der Waals surface area contributed by atoms with E-state index in [1.807, 2.05) is 37.3 Å². The summed E-state index contributed by atoms with van der Waals surface area (Å²) in [5.74, 6) is 0.952. The average molecular weight is 434 g/mol. The van der Waals surface area contributed by atoms with Gasteiger partial charge in [0, 0.05) is 26.2 Å². The molecule has 0 spiro atoms. The number of carbonyl (C=O) groups excluding carboxylic acids is 1. The van der Waals surface area contributed by atoms with Crippen LogP contribution >= 0.6 is 0 Å². The van der Waals surface area contributed by atoms with Crippen LogP contribution in [-0.4, -0.2) is 51.9 Å². The summed E-state index contributed by atoms with van der Waals surface area (Å²) < 4.78 is 7.21. The van der Waals surface area contributed by atoms with Crippen molar-refractivity contribution in [2.45, 2.75) is 39.8 Å². The normalized spacial score (nSPS) is 14.6. The van der Waals surface area contributed by atoms with Gasteiger partial charge in [-0.25, -0.2) is 9.67 Å². The molecular weight excluding hydrogens is 402 g/mol. The van der Waals surface area contributed by atoms with Crippen LogP contribution in [0.4, 0.5) is 0 Å². The van der Waals surface area contributed by atoms with Gasteiger partial charge in [-0.05, 0) is 35.6 Å². The molecule has 1 aliphatic rings. The second-order valence-electron chi connectivity index (χ2n) is 8.45. The van der Waals surface area contributed by atoms with Crippen LogP contribution in [0.3, 0.4) is 0 Å². The molecule has 32 heavy (non-hydrogen) atoms. The molecule has 1 aromatic heterocycles. The highest BCUT2D eigenvalue weighted by molar-refractivity contribution is 5.90. The number of amides is 1. The molecule has 1 N–H and O–H groups in total. The van der Waals surface area contributed by atoms with Crippen molar-refractivity contribution in [2.24, 2.45) is 0 Å². The number of carbonyl (C=O) groups is 1. The number of nitrogens with zero attached hydrogens (tertiary/aromatic N) is 4. The van der Waals surface area contributed by atoms with Gasteiger partial charge in [0.15, 0.2) is 0 Å². The van der Waals surface area contributed by atoms with Crippen LogP contribution in [0.15, 0.2) is 48.5 Å². The van der Waals surface area contributed by atoms with E-state index in [2.05, 4.69) is 52.3 Å². The molecule has 0 radical (unpaired) electrons. The minimum Gasteiger partial charge on any atom is -0.379 e. The van der Waals surface area contributed by atoms with E-state index in [1.54, 1.807) is 4.68 Å². The molecule has 7 heteroatoms. The van der Waals surface area contributed by atoms with Gasteiger partial charge in [-0.2, -0.15) is 0 Å². The first kappa shape index (κ1) is 22.2. The number of hydrogen-bond donors (Lipinski definition) is 1. The van der Waals surface area contributed by atoms with Gasteiger partial charge in [0.1, 0.15) is 5.82 Å². The molecule has 0 atom stereocenters. The lowest BCUT2D eigenvalue weighted by molar-refractivity contribution is 0.0340. The predicted octanol–water partition coefficient (Wildman–Crippen LogP) is 3.46. The number of morpholine rings is 1. The van der Waals surface area contributed by atoms with Crippen LogP contribution in [-0.2, 0) is 17.8 Å². The molecule has 1 saturated heterocycles. The minimum atomic E-state index is -0.268. The van der Waals surface area contributed by atoms with Gasteiger partial charge in [0.05, 0.1) is 18.9 Å². The van der Waals surface area contributed by atoms with Crippen molar-refractivity contribution < 1.29 is 9.53 Å². The van der Waals surface area contributed by atoms with Gasteiger partial charge in [0.25, 0.3) is 5.91 Å².